The lowest BCUT2D eigenvalue weighted by Gasteiger charge is -2.08. The van der Waals surface area contributed by atoms with Crippen LogP contribution in [-0.2, 0) is 11.0 Å². The molecule has 1 amide bonds. The Morgan fingerprint density at radius 2 is 2.05 bits per heavy atom. The van der Waals surface area contributed by atoms with Crippen molar-refractivity contribution in [2.75, 3.05) is 5.32 Å². The molecule has 2 rings (SSSR count). The topological polar surface area (TPSA) is 38.3 Å². The molecule has 2 aromatic rings. The van der Waals surface area contributed by atoms with Gasteiger partial charge in [0.15, 0.2) is 5.06 Å². The molecule has 0 atom stereocenters. The number of amides is 1. The van der Waals surface area contributed by atoms with Crippen LogP contribution < -0.4 is 10.1 Å². The zero-order valence-electron chi connectivity index (χ0n) is 10.6. The first-order valence-corrected chi connectivity index (χ1v) is 6.58. The third kappa shape index (κ3) is 4.09. The Labute approximate surface area is 122 Å². The van der Waals surface area contributed by atoms with E-state index in [1.165, 1.54) is 12.1 Å². The Morgan fingerprint density at radius 1 is 1.29 bits per heavy atom. The second kappa shape index (κ2) is 6.01. The van der Waals surface area contributed by atoms with Gasteiger partial charge in [-0.2, -0.15) is 13.2 Å². The third-order valence-electron chi connectivity index (χ3n) is 2.39. The monoisotopic (exact) mass is 313 g/mol. The lowest BCUT2D eigenvalue weighted by Crippen LogP contribution is -2.05. The summed E-state index contributed by atoms with van der Waals surface area (Å²) in [6.45, 7) is 3.32. The maximum atomic E-state index is 12.6. The van der Waals surface area contributed by atoms with Crippen LogP contribution in [0.15, 0.2) is 49.1 Å². The summed E-state index contributed by atoms with van der Waals surface area (Å²) in [6.07, 6.45) is -3.30. The van der Waals surface area contributed by atoms with Gasteiger partial charge in [-0.3, -0.25) is 4.79 Å². The van der Waals surface area contributed by atoms with Gasteiger partial charge < -0.3 is 10.1 Å². The summed E-state index contributed by atoms with van der Waals surface area (Å²) in [7, 11) is 0. The first-order valence-electron chi connectivity index (χ1n) is 5.77. The van der Waals surface area contributed by atoms with E-state index < -0.39 is 11.7 Å². The molecule has 0 saturated heterocycles. The molecule has 0 saturated carbocycles. The van der Waals surface area contributed by atoms with Gasteiger partial charge in [0.1, 0.15) is 5.75 Å². The second-order valence-corrected chi connectivity index (χ2v) is 4.99. The number of halogens is 3. The van der Waals surface area contributed by atoms with E-state index >= 15 is 0 Å². The summed E-state index contributed by atoms with van der Waals surface area (Å²) in [5.74, 6) is -0.296. The van der Waals surface area contributed by atoms with Gasteiger partial charge in [-0.15, -0.1) is 0 Å². The molecule has 0 unspecified atom stereocenters. The Kier molecular flexibility index (Phi) is 4.32. The van der Waals surface area contributed by atoms with Crippen LogP contribution in [0.5, 0.6) is 10.8 Å². The van der Waals surface area contributed by atoms with Crippen LogP contribution in [0.3, 0.4) is 0 Å². The van der Waals surface area contributed by atoms with Gasteiger partial charge in [-0.05, 0) is 36.4 Å². The molecule has 0 radical (unpaired) electrons. The molecule has 0 aliphatic heterocycles. The van der Waals surface area contributed by atoms with Crippen LogP contribution in [0.4, 0.5) is 18.2 Å². The highest BCUT2D eigenvalue weighted by Crippen LogP contribution is 2.35. The van der Waals surface area contributed by atoms with Gasteiger partial charge in [-0.25, -0.2) is 0 Å². The number of carbonyl (C=O) groups is 1. The van der Waals surface area contributed by atoms with Crippen molar-refractivity contribution >= 4 is 22.2 Å². The Morgan fingerprint density at radius 3 is 2.71 bits per heavy atom. The second-order valence-electron chi connectivity index (χ2n) is 3.94. The number of benzene rings is 1. The smallest absolute Gasteiger partial charge is 0.416 e. The predicted octanol–water partition coefficient (Wildman–Crippen LogP) is 4.68. The highest BCUT2D eigenvalue weighted by atomic mass is 32.1. The molecular weight excluding hydrogens is 303 g/mol. The minimum atomic E-state index is -4.42. The number of hydrogen-bond donors (Lipinski definition) is 1. The fourth-order valence-corrected chi connectivity index (χ4v) is 2.25. The van der Waals surface area contributed by atoms with Crippen molar-refractivity contribution in [3.8, 4) is 10.8 Å². The van der Waals surface area contributed by atoms with Crippen molar-refractivity contribution in [2.24, 2.45) is 0 Å². The van der Waals surface area contributed by atoms with Crippen molar-refractivity contribution in [1.29, 1.82) is 0 Å². The summed E-state index contributed by atoms with van der Waals surface area (Å²) in [4.78, 5) is 11.1. The molecule has 0 spiro atoms. The van der Waals surface area contributed by atoms with Crippen molar-refractivity contribution in [3.63, 3.8) is 0 Å². The van der Waals surface area contributed by atoms with Gasteiger partial charge in [0, 0.05) is 0 Å². The highest BCUT2D eigenvalue weighted by Gasteiger charge is 2.30. The first-order chi connectivity index (χ1) is 9.88. The molecular formula is C14H10F3NO2S. The number of anilines is 1. The summed E-state index contributed by atoms with van der Waals surface area (Å²) in [6, 6.07) is 7.74. The predicted molar refractivity (Wildman–Crippen MR) is 74.7 cm³/mol. The standard InChI is InChI=1S/C14H10F3NO2S/c1-2-11(19)18-12-6-7-13(21-12)20-10-5-3-4-9(8-10)14(15,16)17/h2-8H,1H2,(H,18,19). The van der Waals surface area contributed by atoms with Crippen molar-refractivity contribution in [3.05, 3.63) is 54.6 Å². The molecule has 1 N–H and O–H groups in total. The van der Waals surface area contributed by atoms with Crippen LogP contribution in [0.2, 0.25) is 0 Å². The molecule has 0 aliphatic rings. The van der Waals surface area contributed by atoms with Crippen molar-refractivity contribution in [1.82, 2.24) is 0 Å². The normalized spacial score (nSPS) is 11.0. The van der Waals surface area contributed by atoms with Gasteiger partial charge >= 0.3 is 6.18 Å². The van der Waals surface area contributed by atoms with E-state index in [1.54, 1.807) is 12.1 Å². The van der Waals surface area contributed by atoms with E-state index in [2.05, 4.69) is 11.9 Å². The Hall–Kier alpha value is -2.28. The lowest BCUT2D eigenvalue weighted by atomic mass is 10.2. The number of rotatable bonds is 4. The van der Waals surface area contributed by atoms with E-state index in [0.717, 1.165) is 29.5 Å². The maximum absolute atomic E-state index is 12.6. The van der Waals surface area contributed by atoms with E-state index in [-0.39, 0.29) is 11.7 Å². The molecule has 1 aromatic heterocycles. The minimum absolute atomic E-state index is 0.0771. The molecule has 7 heteroatoms. The number of alkyl halides is 3. The molecule has 1 heterocycles. The minimum Gasteiger partial charge on any atom is -0.447 e. The van der Waals surface area contributed by atoms with E-state index in [4.69, 9.17) is 4.74 Å². The lowest BCUT2D eigenvalue weighted by molar-refractivity contribution is -0.137. The Bertz CT molecular complexity index is 664. The summed E-state index contributed by atoms with van der Waals surface area (Å²) in [5, 5.41) is 3.42. The number of ether oxygens (including phenoxy) is 1. The first kappa shape index (κ1) is 15.1. The molecule has 0 aliphatic carbocycles. The molecule has 3 nitrogen and oxygen atoms in total. The molecule has 0 fully saturated rings. The summed E-state index contributed by atoms with van der Waals surface area (Å²) < 4.78 is 43.1. The zero-order valence-corrected chi connectivity index (χ0v) is 11.4. The number of hydrogen-bond acceptors (Lipinski definition) is 3. The zero-order chi connectivity index (χ0) is 15.5. The van der Waals surface area contributed by atoms with E-state index in [1.807, 2.05) is 0 Å². The van der Waals surface area contributed by atoms with Crippen molar-refractivity contribution < 1.29 is 22.7 Å². The average Bonchev–Trinajstić information content (AvgIpc) is 2.85. The molecule has 1 aromatic carbocycles. The van der Waals surface area contributed by atoms with Crippen LogP contribution in [-0.4, -0.2) is 5.91 Å². The average molecular weight is 313 g/mol. The number of thiophene rings is 1. The number of nitrogens with one attached hydrogen (secondary N) is 1. The van der Waals surface area contributed by atoms with E-state index in [0.29, 0.717) is 10.1 Å². The quantitative estimate of drug-likeness (QED) is 0.832. The van der Waals surface area contributed by atoms with Gasteiger partial charge in [0.2, 0.25) is 5.91 Å². The van der Waals surface area contributed by atoms with Crippen LogP contribution in [0, 0.1) is 0 Å². The largest absolute Gasteiger partial charge is 0.447 e. The maximum Gasteiger partial charge on any atom is 0.416 e. The van der Waals surface area contributed by atoms with Gasteiger partial charge in [0.25, 0.3) is 0 Å². The number of carbonyl (C=O) groups excluding carboxylic acids is 1. The van der Waals surface area contributed by atoms with Crippen LogP contribution in [0.25, 0.3) is 0 Å². The molecule has 110 valence electrons. The molecule has 0 bridgehead atoms. The fraction of sp³-hybridized carbons (Fsp3) is 0.0714. The SMILES string of the molecule is C=CC(=O)Nc1ccc(Oc2cccc(C(F)(F)F)c2)s1. The molecule has 21 heavy (non-hydrogen) atoms. The fourth-order valence-electron chi connectivity index (χ4n) is 1.47. The van der Waals surface area contributed by atoms with Crippen LogP contribution in [0.1, 0.15) is 5.56 Å². The van der Waals surface area contributed by atoms with E-state index in [9.17, 15) is 18.0 Å². The third-order valence-corrected chi connectivity index (χ3v) is 3.27. The summed E-state index contributed by atoms with van der Waals surface area (Å²) in [5.41, 5.74) is -0.781. The van der Waals surface area contributed by atoms with Gasteiger partial charge in [0.05, 0.1) is 10.6 Å². The van der Waals surface area contributed by atoms with Crippen LogP contribution >= 0.6 is 11.3 Å². The van der Waals surface area contributed by atoms with Crippen molar-refractivity contribution in [2.45, 2.75) is 6.18 Å². The van der Waals surface area contributed by atoms with Gasteiger partial charge in [-0.1, -0.05) is 24.0 Å². The summed E-state index contributed by atoms with van der Waals surface area (Å²) >= 11 is 1.10. The highest BCUT2D eigenvalue weighted by molar-refractivity contribution is 7.18. The Balaban J connectivity index is 2.12.